The van der Waals surface area contributed by atoms with E-state index in [1.165, 1.54) is 0 Å². The maximum absolute atomic E-state index is 7.97. The Bertz CT molecular complexity index is 1220. The van der Waals surface area contributed by atoms with E-state index in [9.17, 15) is 0 Å². The van der Waals surface area contributed by atoms with Gasteiger partial charge in [-0.15, -0.1) is 0 Å². The van der Waals surface area contributed by atoms with Crippen LogP contribution in [-0.4, -0.2) is 9.52 Å². The lowest BCUT2D eigenvalue weighted by Crippen LogP contribution is -1.98. The van der Waals surface area contributed by atoms with Crippen molar-refractivity contribution >= 4 is 9.52 Å². The van der Waals surface area contributed by atoms with Crippen molar-refractivity contribution in [3.63, 3.8) is 0 Å². The zero-order valence-electron chi connectivity index (χ0n) is 24.8. The lowest BCUT2D eigenvalue weighted by molar-refractivity contribution is 1.11. The number of hydrogen-bond donors (Lipinski definition) is 0. The summed E-state index contributed by atoms with van der Waals surface area (Å²) in [6.45, 7) is -2.85. The minimum absolute atomic E-state index is 0.209. The average molecular weight is 380 g/mol. The summed E-state index contributed by atoms with van der Waals surface area (Å²) < 4.78 is 70.7. The van der Waals surface area contributed by atoms with Crippen LogP contribution >= 0.6 is 0 Å². The Kier molecular flexibility index (Phi) is 3.55. The highest BCUT2D eigenvalue weighted by atomic mass is 28.2. The zero-order valence-corrected chi connectivity index (χ0v) is 16.8. The van der Waals surface area contributed by atoms with Crippen LogP contribution in [0.5, 0.6) is 0 Å². The summed E-state index contributed by atoms with van der Waals surface area (Å²) in [6.07, 6.45) is 0.786. The minimum Gasteiger partial charge on any atom is -0.0730 e. The van der Waals surface area contributed by atoms with Crippen molar-refractivity contribution < 1.29 is 12.3 Å². The van der Waals surface area contributed by atoms with Gasteiger partial charge in [-0.3, -0.25) is 0 Å². The minimum atomic E-state index is -2.31. The fraction of sp³-hybridized carbons (Fsp3) is 0.308. The topological polar surface area (TPSA) is 0 Å². The molecule has 138 valence electrons. The molecular weight excluding hydrogens is 340 g/mol. The highest BCUT2D eigenvalue weighted by Gasteiger charge is 2.05. The molecule has 1 heteroatoms. The van der Waals surface area contributed by atoms with Crippen LogP contribution in [0.15, 0.2) is 54.6 Å². The Morgan fingerprint density at radius 2 is 1.00 bits per heavy atom. The summed E-state index contributed by atoms with van der Waals surface area (Å²) in [5.74, 6) is 0. The first kappa shape index (κ1) is 11.0. The van der Waals surface area contributed by atoms with Gasteiger partial charge in [-0.05, 0) is 68.6 Å². The van der Waals surface area contributed by atoms with Crippen LogP contribution in [0.25, 0.3) is 0 Å². The van der Waals surface area contributed by atoms with Gasteiger partial charge in [-0.1, -0.05) is 89.0 Å². The average Bonchev–Trinajstić information content (AvgIpc) is 2.71. The molecule has 0 atom stereocenters. The van der Waals surface area contributed by atoms with Crippen LogP contribution in [0.2, 0.25) is 6.55 Å². The van der Waals surface area contributed by atoms with E-state index in [1.807, 2.05) is 25.1 Å². The highest BCUT2D eigenvalue weighted by Crippen LogP contribution is 2.20. The van der Waals surface area contributed by atoms with Crippen molar-refractivity contribution in [3.05, 3.63) is 105 Å². The van der Waals surface area contributed by atoms with Crippen LogP contribution in [0.4, 0.5) is 0 Å². The molecule has 3 rings (SSSR count). The van der Waals surface area contributed by atoms with Crippen LogP contribution < -0.4 is 0 Å². The molecule has 0 heterocycles. The molecule has 3 aromatic carbocycles. The van der Waals surface area contributed by atoms with Crippen molar-refractivity contribution in [2.45, 2.75) is 52.9 Å². The summed E-state index contributed by atoms with van der Waals surface area (Å²) >= 11 is 0. The van der Waals surface area contributed by atoms with Crippen molar-refractivity contribution in [1.29, 1.82) is 0 Å². The summed E-state index contributed by atoms with van der Waals surface area (Å²) in [5.41, 5.74) is 5.71. The molecule has 2 radical (unpaired) electrons. The second kappa shape index (κ2) is 8.71. The third kappa shape index (κ3) is 5.67. The van der Waals surface area contributed by atoms with E-state index in [0.717, 1.165) is 39.4 Å². The van der Waals surface area contributed by atoms with E-state index in [0.29, 0.717) is 22.4 Å². The van der Waals surface area contributed by atoms with Crippen LogP contribution in [0.3, 0.4) is 0 Å². The second-order valence-corrected chi connectivity index (χ2v) is 8.23. The first-order chi connectivity index (χ1) is 16.5. The zero-order chi connectivity index (χ0) is 26.9. The van der Waals surface area contributed by atoms with Gasteiger partial charge in [-0.25, -0.2) is 0 Å². The van der Waals surface area contributed by atoms with E-state index in [2.05, 4.69) is 6.55 Å². The van der Waals surface area contributed by atoms with E-state index in [1.54, 1.807) is 36.4 Å². The quantitative estimate of drug-likeness (QED) is 0.437. The first-order valence-corrected chi connectivity index (χ1v) is 10.8. The molecule has 0 spiro atoms. The Balaban J connectivity index is 2.04. The molecule has 0 unspecified atom stereocenters. The van der Waals surface area contributed by atoms with E-state index < -0.39 is 20.6 Å². The molecule has 0 saturated carbocycles. The van der Waals surface area contributed by atoms with Gasteiger partial charge < -0.3 is 0 Å². The monoisotopic (exact) mass is 379 g/mol. The molecule has 0 N–H and O–H groups in total. The predicted octanol–water partition coefficient (Wildman–Crippen LogP) is 6.35. The fourth-order valence-electron chi connectivity index (χ4n) is 3.57. The lowest BCUT2D eigenvalue weighted by Gasteiger charge is -2.11. The van der Waals surface area contributed by atoms with Gasteiger partial charge in [-0.2, -0.15) is 0 Å². The third-order valence-corrected chi connectivity index (χ3v) is 5.20. The molecule has 0 saturated heterocycles. The van der Waals surface area contributed by atoms with E-state index in [-0.39, 0.29) is 16.7 Å². The summed E-state index contributed by atoms with van der Waals surface area (Å²) in [5, 5.41) is 0. The largest absolute Gasteiger partial charge is 0.0730 e. The molecule has 0 nitrogen and oxygen atoms in total. The summed E-state index contributed by atoms with van der Waals surface area (Å²) in [7, 11) is 0.647. The van der Waals surface area contributed by atoms with Gasteiger partial charge in [0, 0.05) is 21.9 Å². The van der Waals surface area contributed by atoms with Gasteiger partial charge in [0.15, 0.2) is 0 Å². The van der Waals surface area contributed by atoms with Gasteiger partial charge in [0.1, 0.15) is 0 Å². The van der Waals surface area contributed by atoms with Gasteiger partial charge in [0.05, 0.1) is 0 Å². The molecule has 0 aromatic heterocycles. The molecule has 0 amide bonds. The molecular formula is C26H30Si. The fourth-order valence-corrected chi connectivity index (χ4v) is 4.19. The molecule has 27 heavy (non-hydrogen) atoms. The van der Waals surface area contributed by atoms with Crippen molar-refractivity contribution in [3.8, 4) is 0 Å². The molecule has 0 aliphatic heterocycles. The Morgan fingerprint density at radius 3 is 1.52 bits per heavy atom. The predicted molar refractivity (Wildman–Crippen MR) is 119 cm³/mol. The molecule has 0 aliphatic carbocycles. The normalized spacial score (nSPS) is 17.3. The van der Waals surface area contributed by atoms with Crippen molar-refractivity contribution in [2.75, 3.05) is 0 Å². The SMILES string of the molecule is [2H]C([2H])([2H])c1cc(C)cc(Cc2cc(Cc3cc(C[Si]C)cc(C([2H])([2H])[2H])c3)cc(C([2H])([2H])[2H])c2)c1. The van der Waals surface area contributed by atoms with Crippen LogP contribution in [0.1, 0.15) is 62.4 Å². The number of benzene rings is 3. The first-order valence-electron chi connectivity index (χ1n) is 13.6. The van der Waals surface area contributed by atoms with Crippen LogP contribution in [0, 0.1) is 27.5 Å². The van der Waals surface area contributed by atoms with Crippen LogP contribution in [-0.2, 0) is 18.9 Å². The van der Waals surface area contributed by atoms with Gasteiger partial charge in [0.25, 0.3) is 0 Å². The summed E-state index contributed by atoms with van der Waals surface area (Å²) in [6, 6.07) is 16.6. The molecule has 0 fully saturated rings. The van der Waals surface area contributed by atoms with Crippen molar-refractivity contribution in [2.24, 2.45) is 0 Å². The second-order valence-electron chi connectivity index (χ2n) is 7.17. The molecule has 3 aromatic rings. The maximum Gasteiger partial charge on any atom is 0.0394 e. The molecule has 0 bridgehead atoms. The number of aryl methyl sites for hydroxylation is 4. The molecule has 0 aliphatic rings. The van der Waals surface area contributed by atoms with Crippen molar-refractivity contribution in [1.82, 2.24) is 0 Å². The summed E-state index contributed by atoms with van der Waals surface area (Å²) in [4.78, 5) is 0. The smallest absolute Gasteiger partial charge is 0.0394 e. The van der Waals surface area contributed by atoms with E-state index in [4.69, 9.17) is 12.3 Å². The maximum atomic E-state index is 7.97. The number of hydrogen-bond acceptors (Lipinski definition) is 0. The Hall–Kier alpha value is -2.12. The Morgan fingerprint density at radius 1 is 0.593 bits per heavy atom. The lowest BCUT2D eigenvalue weighted by atomic mass is 9.95. The Labute approximate surface area is 180 Å². The highest BCUT2D eigenvalue weighted by molar-refractivity contribution is 6.32. The standard InChI is InChI=1S/C26H30Si/c1-18-6-19(2)8-22(7-18)13-23-9-20(3)10-24(14-23)15-25-11-21(4)12-26(16-25)17-27-5/h6-12,14,16H,13,15,17H2,1-5H3/i1D3,3D3,4D3. The van der Waals surface area contributed by atoms with Gasteiger partial charge in [0.2, 0.25) is 0 Å². The number of rotatable bonds is 6. The third-order valence-electron chi connectivity index (χ3n) is 4.44. The van der Waals surface area contributed by atoms with Gasteiger partial charge >= 0.3 is 0 Å². The van der Waals surface area contributed by atoms with E-state index >= 15 is 0 Å².